The van der Waals surface area contributed by atoms with Crippen molar-refractivity contribution in [2.45, 2.75) is 17.7 Å². The molecule has 0 saturated carbocycles. The van der Waals surface area contributed by atoms with Crippen LogP contribution >= 0.6 is 11.9 Å². The maximum absolute atomic E-state index is 12.6. The molecule has 3 rings (SSSR count). The molecule has 0 fully saturated rings. The highest BCUT2D eigenvalue weighted by Gasteiger charge is 2.23. The van der Waals surface area contributed by atoms with Gasteiger partial charge in [-0.25, -0.2) is 9.98 Å². The van der Waals surface area contributed by atoms with Gasteiger partial charge in [0.1, 0.15) is 6.26 Å². The van der Waals surface area contributed by atoms with Gasteiger partial charge in [-0.05, 0) is 42.6 Å². The van der Waals surface area contributed by atoms with Crippen molar-refractivity contribution < 1.29 is 14.0 Å². The first-order valence-electron chi connectivity index (χ1n) is 8.82. The van der Waals surface area contributed by atoms with E-state index in [0.717, 1.165) is 10.5 Å². The third kappa shape index (κ3) is 4.72. The number of hydrogen-bond acceptors (Lipinski definition) is 7. The second kappa shape index (κ2) is 9.20. The number of amides is 1. The third-order valence-corrected chi connectivity index (χ3v) is 5.08. The summed E-state index contributed by atoms with van der Waals surface area (Å²) >= 11 is 1.24. The number of nitrogens with zero attached hydrogens (tertiary/aromatic N) is 2. The van der Waals surface area contributed by atoms with Crippen LogP contribution in [0.4, 0.5) is 5.69 Å². The average Bonchev–Trinajstić information content (AvgIpc) is 3.26. The number of allylic oxidation sites excluding steroid dienone is 3. The fourth-order valence-corrected chi connectivity index (χ4v) is 3.50. The molecule has 1 aliphatic heterocycles. The Kier molecular flexibility index (Phi) is 6.46. The third-order valence-electron chi connectivity index (χ3n) is 4.24. The number of ketones is 1. The zero-order chi connectivity index (χ0) is 20.8. The van der Waals surface area contributed by atoms with Crippen molar-refractivity contribution in [3.8, 4) is 0 Å². The van der Waals surface area contributed by atoms with Crippen molar-refractivity contribution in [1.82, 2.24) is 15.0 Å². The van der Waals surface area contributed by atoms with Gasteiger partial charge in [-0.15, -0.1) is 0 Å². The topological polar surface area (TPSA) is 96.6 Å². The lowest BCUT2D eigenvalue weighted by Gasteiger charge is -2.19. The molecule has 1 aromatic heterocycles. The first kappa shape index (κ1) is 20.3. The van der Waals surface area contributed by atoms with Gasteiger partial charge in [0.2, 0.25) is 11.7 Å². The van der Waals surface area contributed by atoms with Gasteiger partial charge in [0.25, 0.3) is 5.91 Å². The number of aliphatic imine (C=N–C) groups is 1. The number of carbonyl (C=O) groups excluding carboxylic acids is 2. The molecular formula is C21H20N4O3S. The molecule has 7 nitrogen and oxygen atoms in total. The molecule has 2 heterocycles. The Balaban J connectivity index is 1.75. The van der Waals surface area contributed by atoms with Crippen LogP contribution in [0.5, 0.6) is 0 Å². The Morgan fingerprint density at radius 2 is 2.21 bits per heavy atom. The number of carbonyl (C=O) groups is 2. The highest BCUT2D eigenvalue weighted by atomic mass is 32.2. The molecular weight excluding hydrogens is 388 g/mol. The summed E-state index contributed by atoms with van der Waals surface area (Å²) in [5.74, 6) is -0.0569. The molecule has 148 valence electrons. The number of hydrogen-bond donors (Lipinski definition) is 2. The first-order valence-corrected chi connectivity index (χ1v) is 9.64. The van der Waals surface area contributed by atoms with Gasteiger partial charge in [0.15, 0.2) is 5.78 Å². The van der Waals surface area contributed by atoms with Gasteiger partial charge in [-0.2, -0.15) is 0 Å². The minimum atomic E-state index is -0.364. The van der Waals surface area contributed by atoms with Crippen LogP contribution in [0.15, 0.2) is 81.9 Å². The first-order chi connectivity index (χ1) is 14.0. The van der Waals surface area contributed by atoms with Crippen LogP contribution in [0, 0.1) is 0 Å². The number of rotatable bonds is 8. The minimum Gasteiger partial charge on any atom is -0.448 e. The average molecular weight is 408 g/mol. The summed E-state index contributed by atoms with van der Waals surface area (Å²) in [5, 5.41) is 2.85. The molecule has 0 bridgehead atoms. The fraction of sp³-hybridized carbons (Fsp3) is 0.143. The van der Waals surface area contributed by atoms with E-state index in [0.29, 0.717) is 17.1 Å². The standard InChI is InChI=1S/C21H20N4O3S/c1-4-6-14(5-2)16(21-22-9-10-28-21)12-23-20(27)19-24-17-8-7-15(13(3)26)11-18(17)29-25-19/h4-11,16H,1-2,12H2,3H3,(H,23,27)(H,24,25)/b14-6+. The van der Waals surface area contributed by atoms with Gasteiger partial charge < -0.3 is 14.5 Å². The summed E-state index contributed by atoms with van der Waals surface area (Å²) < 4.78 is 8.34. The van der Waals surface area contributed by atoms with E-state index in [4.69, 9.17) is 4.42 Å². The summed E-state index contributed by atoms with van der Waals surface area (Å²) in [7, 11) is 0. The SMILES string of the molecule is C=C/C=C(\C=C)C(CNC(=O)C1=Nc2ccc(C(C)=O)cc2SN1)c1ncco1. The van der Waals surface area contributed by atoms with Crippen molar-refractivity contribution >= 4 is 35.2 Å². The predicted molar refractivity (Wildman–Crippen MR) is 113 cm³/mol. The molecule has 2 N–H and O–H groups in total. The Labute approximate surface area is 172 Å². The van der Waals surface area contributed by atoms with Gasteiger partial charge in [0.05, 0.1) is 22.7 Å². The van der Waals surface area contributed by atoms with E-state index in [-0.39, 0.29) is 30.0 Å². The zero-order valence-corrected chi connectivity index (χ0v) is 16.7. The number of nitrogens with one attached hydrogen (secondary N) is 2. The number of aromatic nitrogens is 1. The quantitative estimate of drug-likeness (QED) is 0.393. The monoisotopic (exact) mass is 408 g/mol. The van der Waals surface area contributed by atoms with Gasteiger partial charge in [-0.1, -0.05) is 31.4 Å². The fourth-order valence-electron chi connectivity index (χ4n) is 2.75. The Hall–Kier alpha value is -3.39. The highest BCUT2D eigenvalue weighted by molar-refractivity contribution is 7.98. The molecule has 2 aromatic rings. The second-order valence-corrected chi connectivity index (χ2v) is 6.99. The van der Waals surface area contributed by atoms with Crippen LogP contribution in [0.1, 0.15) is 29.1 Å². The van der Waals surface area contributed by atoms with Crippen LogP contribution in [0.2, 0.25) is 0 Å². The maximum atomic E-state index is 12.6. The smallest absolute Gasteiger partial charge is 0.287 e. The molecule has 1 atom stereocenters. The van der Waals surface area contributed by atoms with Crippen molar-refractivity contribution in [1.29, 1.82) is 0 Å². The van der Waals surface area contributed by atoms with E-state index < -0.39 is 0 Å². The number of oxazole rings is 1. The summed E-state index contributed by atoms with van der Waals surface area (Å²) in [5.41, 5.74) is 2.05. The second-order valence-electron chi connectivity index (χ2n) is 6.14. The van der Waals surface area contributed by atoms with E-state index in [1.54, 1.807) is 42.6 Å². The van der Waals surface area contributed by atoms with Crippen LogP contribution in [-0.2, 0) is 4.79 Å². The molecule has 1 unspecified atom stereocenters. The van der Waals surface area contributed by atoms with E-state index in [9.17, 15) is 9.59 Å². The Bertz CT molecular complexity index is 1010. The van der Waals surface area contributed by atoms with Gasteiger partial charge in [0, 0.05) is 12.1 Å². The summed E-state index contributed by atoms with van der Waals surface area (Å²) in [6, 6.07) is 5.18. The molecule has 0 radical (unpaired) electrons. The van der Waals surface area contributed by atoms with Crippen molar-refractivity contribution in [2.24, 2.45) is 4.99 Å². The zero-order valence-electron chi connectivity index (χ0n) is 15.8. The number of Topliss-reactive ketones (excluding diaryl/α,β-unsaturated/α-hetero) is 1. The van der Waals surface area contributed by atoms with Crippen molar-refractivity contribution in [2.75, 3.05) is 6.54 Å². The van der Waals surface area contributed by atoms with Crippen LogP contribution in [-0.4, -0.2) is 29.1 Å². The minimum absolute atomic E-state index is 0.0240. The predicted octanol–water partition coefficient (Wildman–Crippen LogP) is 3.72. The lowest BCUT2D eigenvalue weighted by Crippen LogP contribution is -2.40. The molecule has 29 heavy (non-hydrogen) atoms. The number of amidine groups is 1. The Morgan fingerprint density at radius 1 is 1.38 bits per heavy atom. The molecule has 0 spiro atoms. The number of fused-ring (bicyclic) bond motifs is 1. The van der Waals surface area contributed by atoms with Crippen LogP contribution in [0.25, 0.3) is 0 Å². The van der Waals surface area contributed by atoms with Crippen molar-refractivity contribution in [3.05, 3.63) is 79.1 Å². The summed E-state index contributed by atoms with van der Waals surface area (Å²) in [6.07, 6.45) is 8.15. The van der Waals surface area contributed by atoms with E-state index in [1.165, 1.54) is 25.1 Å². The van der Waals surface area contributed by atoms with Crippen molar-refractivity contribution in [3.63, 3.8) is 0 Å². The lowest BCUT2D eigenvalue weighted by atomic mass is 9.98. The lowest BCUT2D eigenvalue weighted by molar-refractivity contribution is -0.115. The molecule has 1 aliphatic rings. The van der Waals surface area contributed by atoms with Crippen LogP contribution < -0.4 is 10.0 Å². The van der Waals surface area contributed by atoms with E-state index in [2.05, 4.69) is 33.2 Å². The number of benzene rings is 1. The van der Waals surface area contributed by atoms with Crippen LogP contribution in [0.3, 0.4) is 0 Å². The van der Waals surface area contributed by atoms with Gasteiger partial charge >= 0.3 is 0 Å². The maximum Gasteiger partial charge on any atom is 0.287 e. The van der Waals surface area contributed by atoms with E-state index in [1.807, 2.05) is 0 Å². The molecule has 1 amide bonds. The Morgan fingerprint density at radius 3 is 2.86 bits per heavy atom. The normalized spacial score (nSPS) is 14.1. The summed E-state index contributed by atoms with van der Waals surface area (Å²) in [6.45, 7) is 9.26. The largest absolute Gasteiger partial charge is 0.448 e. The van der Waals surface area contributed by atoms with E-state index >= 15 is 0 Å². The molecule has 8 heteroatoms. The molecule has 0 saturated heterocycles. The highest BCUT2D eigenvalue weighted by Crippen LogP contribution is 2.32. The van der Waals surface area contributed by atoms with Gasteiger partial charge in [-0.3, -0.25) is 9.59 Å². The summed E-state index contributed by atoms with van der Waals surface area (Å²) in [4.78, 5) is 33.5. The molecule has 0 aliphatic carbocycles. The molecule has 1 aromatic carbocycles.